The lowest BCUT2D eigenvalue weighted by molar-refractivity contribution is 0.295. The number of benzene rings is 1. The van der Waals surface area contributed by atoms with E-state index in [1.165, 1.54) is 0 Å². The van der Waals surface area contributed by atoms with Gasteiger partial charge in [0.1, 0.15) is 12.4 Å². The number of rotatable bonds is 7. The summed E-state index contributed by atoms with van der Waals surface area (Å²) in [5.41, 5.74) is 7.63. The number of hydrogen-bond donors (Lipinski definition) is 1. The molecular weight excluding hydrogens is 330 g/mol. The molecule has 0 saturated carbocycles. The Morgan fingerprint density at radius 3 is 2.67 bits per heavy atom. The van der Waals surface area contributed by atoms with Crippen LogP contribution in [0.3, 0.4) is 0 Å². The number of hydrogen-bond acceptors (Lipinski definition) is 3. The number of halogens is 1. The molecule has 0 amide bonds. The van der Waals surface area contributed by atoms with Gasteiger partial charge in [0, 0.05) is 12.7 Å². The van der Waals surface area contributed by atoms with Crippen LogP contribution in [-0.2, 0) is 13.2 Å². The normalized spacial score (nSPS) is 11.1. The Morgan fingerprint density at radius 2 is 2.05 bits per heavy atom. The molecule has 2 N–H and O–H groups in total. The molecule has 0 atom stereocenters. The third-order valence-corrected chi connectivity index (χ3v) is 4.21. The second kappa shape index (κ2) is 7.61. The standard InChI is InChI=1S/C16H22BrN3O/c1-3-14(4-2)20-8-7-13(19-20)11-21-16-6-5-12(10-18)9-15(16)17/h5-9,14H,3-4,10-11,18H2,1-2H3. The summed E-state index contributed by atoms with van der Waals surface area (Å²) in [7, 11) is 0. The topological polar surface area (TPSA) is 53.1 Å². The highest BCUT2D eigenvalue weighted by atomic mass is 79.9. The fraction of sp³-hybridized carbons (Fsp3) is 0.438. The Kier molecular flexibility index (Phi) is 5.82. The summed E-state index contributed by atoms with van der Waals surface area (Å²) < 4.78 is 8.77. The minimum absolute atomic E-state index is 0.466. The first kappa shape index (κ1) is 16.0. The summed E-state index contributed by atoms with van der Waals surface area (Å²) in [6.07, 6.45) is 4.21. The lowest BCUT2D eigenvalue weighted by atomic mass is 10.2. The Bertz CT molecular complexity index is 579. The first-order chi connectivity index (χ1) is 10.2. The van der Waals surface area contributed by atoms with Crippen LogP contribution in [0, 0.1) is 0 Å². The molecule has 0 radical (unpaired) electrons. The van der Waals surface area contributed by atoms with Crippen LogP contribution >= 0.6 is 15.9 Å². The molecule has 0 aliphatic carbocycles. The van der Waals surface area contributed by atoms with Gasteiger partial charge in [-0.2, -0.15) is 5.10 Å². The Balaban J connectivity index is 2.00. The van der Waals surface area contributed by atoms with Gasteiger partial charge in [-0.25, -0.2) is 0 Å². The highest BCUT2D eigenvalue weighted by Gasteiger charge is 2.09. The quantitative estimate of drug-likeness (QED) is 0.818. The highest BCUT2D eigenvalue weighted by molar-refractivity contribution is 9.10. The number of aromatic nitrogens is 2. The fourth-order valence-electron chi connectivity index (χ4n) is 2.26. The number of nitrogens with zero attached hydrogens (tertiary/aromatic N) is 2. The van der Waals surface area contributed by atoms with Crippen LogP contribution in [0.2, 0.25) is 0 Å². The zero-order valence-electron chi connectivity index (χ0n) is 12.6. The molecule has 0 bridgehead atoms. The van der Waals surface area contributed by atoms with Crippen molar-refractivity contribution in [2.24, 2.45) is 5.73 Å². The monoisotopic (exact) mass is 351 g/mol. The van der Waals surface area contributed by atoms with Crippen molar-refractivity contribution in [2.45, 2.75) is 45.9 Å². The SMILES string of the molecule is CCC(CC)n1ccc(COc2ccc(CN)cc2Br)n1. The molecule has 0 fully saturated rings. The summed E-state index contributed by atoms with van der Waals surface area (Å²) in [6.45, 7) is 5.36. The fourth-order valence-corrected chi connectivity index (χ4v) is 2.80. The van der Waals surface area contributed by atoms with Gasteiger partial charge in [0.2, 0.25) is 0 Å². The van der Waals surface area contributed by atoms with Crippen molar-refractivity contribution in [2.75, 3.05) is 0 Å². The predicted octanol–water partition coefficient (Wildman–Crippen LogP) is 4.04. The first-order valence-corrected chi connectivity index (χ1v) is 8.12. The van der Waals surface area contributed by atoms with E-state index in [0.717, 1.165) is 34.3 Å². The summed E-state index contributed by atoms with van der Waals surface area (Å²) >= 11 is 3.51. The third kappa shape index (κ3) is 4.08. The van der Waals surface area contributed by atoms with Crippen molar-refractivity contribution in [1.82, 2.24) is 9.78 Å². The molecule has 114 valence electrons. The van der Waals surface area contributed by atoms with E-state index in [0.29, 0.717) is 19.2 Å². The molecule has 0 spiro atoms. The van der Waals surface area contributed by atoms with Crippen LogP contribution in [0.4, 0.5) is 0 Å². The van der Waals surface area contributed by atoms with Crippen molar-refractivity contribution in [3.05, 3.63) is 46.2 Å². The van der Waals surface area contributed by atoms with E-state index < -0.39 is 0 Å². The van der Waals surface area contributed by atoms with E-state index in [9.17, 15) is 0 Å². The van der Waals surface area contributed by atoms with Crippen molar-refractivity contribution in [1.29, 1.82) is 0 Å². The Hall–Kier alpha value is -1.33. The van der Waals surface area contributed by atoms with Gasteiger partial charge in [-0.1, -0.05) is 19.9 Å². The van der Waals surface area contributed by atoms with E-state index in [1.54, 1.807) is 0 Å². The minimum Gasteiger partial charge on any atom is -0.486 e. The number of nitrogens with two attached hydrogens (primary N) is 1. The first-order valence-electron chi connectivity index (χ1n) is 7.33. The van der Waals surface area contributed by atoms with Gasteiger partial charge in [0.05, 0.1) is 16.2 Å². The molecule has 5 heteroatoms. The zero-order valence-corrected chi connectivity index (χ0v) is 14.1. The zero-order chi connectivity index (χ0) is 15.2. The molecule has 4 nitrogen and oxygen atoms in total. The molecule has 0 aliphatic rings. The molecule has 21 heavy (non-hydrogen) atoms. The van der Waals surface area contributed by atoms with Crippen molar-refractivity contribution >= 4 is 15.9 Å². The Labute approximate surface area is 134 Å². The molecule has 2 aromatic rings. The molecular formula is C16H22BrN3O. The molecule has 1 aromatic heterocycles. The highest BCUT2D eigenvalue weighted by Crippen LogP contribution is 2.26. The van der Waals surface area contributed by atoms with Gasteiger partial charge in [0.25, 0.3) is 0 Å². The predicted molar refractivity (Wildman–Crippen MR) is 88.2 cm³/mol. The van der Waals surface area contributed by atoms with Crippen LogP contribution in [0.15, 0.2) is 34.9 Å². The summed E-state index contributed by atoms with van der Waals surface area (Å²) in [5, 5.41) is 4.59. The van der Waals surface area contributed by atoms with Crippen LogP contribution in [-0.4, -0.2) is 9.78 Å². The average Bonchev–Trinajstić information content (AvgIpc) is 2.96. The van der Waals surface area contributed by atoms with Crippen LogP contribution in [0.25, 0.3) is 0 Å². The average molecular weight is 352 g/mol. The van der Waals surface area contributed by atoms with E-state index in [2.05, 4.69) is 34.9 Å². The van der Waals surface area contributed by atoms with Crippen LogP contribution < -0.4 is 10.5 Å². The molecule has 0 saturated heterocycles. The van der Waals surface area contributed by atoms with Gasteiger partial charge in [-0.05, 0) is 52.5 Å². The molecule has 1 heterocycles. The maximum Gasteiger partial charge on any atom is 0.134 e. The van der Waals surface area contributed by atoms with Gasteiger partial charge in [-0.15, -0.1) is 0 Å². The smallest absolute Gasteiger partial charge is 0.134 e. The van der Waals surface area contributed by atoms with Crippen molar-refractivity contribution in [3.63, 3.8) is 0 Å². The van der Waals surface area contributed by atoms with E-state index in [-0.39, 0.29) is 0 Å². The molecule has 1 aromatic carbocycles. The lowest BCUT2D eigenvalue weighted by Gasteiger charge is -2.12. The summed E-state index contributed by atoms with van der Waals surface area (Å²) in [4.78, 5) is 0. The van der Waals surface area contributed by atoms with Gasteiger partial charge >= 0.3 is 0 Å². The molecule has 0 aliphatic heterocycles. The minimum atomic E-state index is 0.466. The number of ether oxygens (including phenoxy) is 1. The largest absolute Gasteiger partial charge is 0.486 e. The van der Waals surface area contributed by atoms with Crippen LogP contribution in [0.5, 0.6) is 5.75 Å². The van der Waals surface area contributed by atoms with E-state index >= 15 is 0 Å². The lowest BCUT2D eigenvalue weighted by Crippen LogP contribution is -2.08. The van der Waals surface area contributed by atoms with Gasteiger partial charge < -0.3 is 10.5 Å². The summed E-state index contributed by atoms with van der Waals surface area (Å²) in [5.74, 6) is 0.810. The summed E-state index contributed by atoms with van der Waals surface area (Å²) in [6, 6.07) is 8.38. The van der Waals surface area contributed by atoms with E-state index in [4.69, 9.17) is 10.5 Å². The molecule has 0 unspecified atom stereocenters. The van der Waals surface area contributed by atoms with E-state index in [1.807, 2.05) is 35.1 Å². The van der Waals surface area contributed by atoms with Gasteiger partial charge in [0.15, 0.2) is 0 Å². The van der Waals surface area contributed by atoms with Crippen LogP contribution in [0.1, 0.15) is 44.0 Å². The second-order valence-electron chi connectivity index (χ2n) is 5.01. The van der Waals surface area contributed by atoms with Gasteiger partial charge in [-0.3, -0.25) is 4.68 Å². The van der Waals surface area contributed by atoms with Crippen molar-refractivity contribution < 1.29 is 4.74 Å². The third-order valence-electron chi connectivity index (χ3n) is 3.59. The second-order valence-corrected chi connectivity index (χ2v) is 5.87. The molecule has 2 rings (SSSR count). The van der Waals surface area contributed by atoms with Crippen molar-refractivity contribution in [3.8, 4) is 5.75 Å². The Morgan fingerprint density at radius 1 is 1.29 bits per heavy atom. The maximum absolute atomic E-state index is 5.82. The maximum atomic E-state index is 5.82.